The number of hydrogen-bond donors (Lipinski definition) is 0. The van der Waals surface area contributed by atoms with E-state index in [-0.39, 0.29) is 11.3 Å². The Kier molecular flexibility index (Phi) is 6.04. The summed E-state index contributed by atoms with van der Waals surface area (Å²) in [5, 5.41) is 0. The Hall–Kier alpha value is -1.79. The summed E-state index contributed by atoms with van der Waals surface area (Å²) in [5.41, 5.74) is 1.33. The lowest BCUT2D eigenvalue weighted by atomic mass is 9.77. The summed E-state index contributed by atoms with van der Waals surface area (Å²) in [6.45, 7) is 6.10. The van der Waals surface area contributed by atoms with Gasteiger partial charge in [0.25, 0.3) is 0 Å². The van der Waals surface area contributed by atoms with Gasteiger partial charge in [0, 0.05) is 26.7 Å². The van der Waals surface area contributed by atoms with Crippen LogP contribution in [-0.2, 0) is 16.0 Å². The van der Waals surface area contributed by atoms with Gasteiger partial charge in [-0.25, -0.2) is 0 Å². The fourth-order valence-electron chi connectivity index (χ4n) is 3.87. The Morgan fingerprint density at radius 3 is 2.96 bits per heavy atom. The number of carbonyl (C=O) groups is 1. The summed E-state index contributed by atoms with van der Waals surface area (Å²) >= 11 is 0. The van der Waals surface area contributed by atoms with Gasteiger partial charge in [-0.3, -0.25) is 9.69 Å². The van der Waals surface area contributed by atoms with Crippen LogP contribution >= 0.6 is 0 Å². The van der Waals surface area contributed by atoms with E-state index in [1.165, 1.54) is 5.56 Å². The van der Waals surface area contributed by atoms with Gasteiger partial charge in [-0.05, 0) is 49.4 Å². The van der Waals surface area contributed by atoms with Crippen LogP contribution in [0.25, 0.3) is 0 Å². The van der Waals surface area contributed by atoms with Crippen LogP contribution in [0, 0.1) is 5.41 Å². The number of likely N-dealkylation sites (N-methyl/N-ethyl adjacent to an activating group) is 1. The molecule has 0 bridgehead atoms. The topological polar surface area (TPSA) is 51.2 Å². The molecular formula is C20H30N2O4. The average Bonchev–Trinajstić information content (AvgIpc) is 3.07. The molecule has 0 N–H and O–H groups in total. The van der Waals surface area contributed by atoms with Crippen LogP contribution in [0.1, 0.15) is 25.3 Å². The van der Waals surface area contributed by atoms with Gasteiger partial charge in [-0.1, -0.05) is 13.0 Å². The van der Waals surface area contributed by atoms with Gasteiger partial charge in [0.1, 0.15) is 0 Å². The number of likely N-dealkylation sites (tertiary alicyclic amines) is 1. The number of methoxy groups -OCH3 is 1. The van der Waals surface area contributed by atoms with E-state index < -0.39 is 0 Å². The first kappa shape index (κ1) is 19.0. The largest absolute Gasteiger partial charge is 0.454 e. The first-order valence-corrected chi connectivity index (χ1v) is 9.33. The molecule has 0 aromatic heterocycles. The second-order valence-electron chi connectivity index (χ2n) is 7.82. The SMILES string of the molecule is COCCN(C)CC(=O)N1CCC[C@](C)(Cc2ccc3c(c2)OCO3)C1. The standard InChI is InChI=1S/C20H30N2O4/c1-20(12-16-5-6-17-18(11-16)26-15-25-17)7-4-8-22(14-20)19(23)13-21(2)9-10-24-3/h5-6,11H,4,7-10,12-15H2,1-3H3/t20-/m1/s1. The predicted molar refractivity (Wildman–Crippen MR) is 99.6 cm³/mol. The number of benzene rings is 1. The van der Waals surface area contributed by atoms with Crippen LogP contribution in [0.2, 0.25) is 0 Å². The van der Waals surface area contributed by atoms with Crippen molar-refractivity contribution in [2.75, 3.05) is 53.7 Å². The van der Waals surface area contributed by atoms with Crippen LogP contribution in [0.5, 0.6) is 11.5 Å². The zero-order chi connectivity index (χ0) is 18.6. The van der Waals surface area contributed by atoms with E-state index in [9.17, 15) is 4.79 Å². The van der Waals surface area contributed by atoms with E-state index in [2.05, 4.69) is 19.1 Å². The Balaban J connectivity index is 1.58. The molecule has 0 spiro atoms. The minimum Gasteiger partial charge on any atom is -0.454 e. The van der Waals surface area contributed by atoms with Crippen molar-refractivity contribution in [3.63, 3.8) is 0 Å². The van der Waals surface area contributed by atoms with Gasteiger partial charge in [-0.2, -0.15) is 0 Å². The molecule has 6 heteroatoms. The van der Waals surface area contributed by atoms with E-state index in [1.807, 2.05) is 22.9 Å². The van der Waals surface area contributed by atoms with Gasteiger partial charge in [0.15, 0.2) is 11.5 Å². The minimum atomic E-state index is 0.0900. The number of nitrogens with zero attached hydrogens (tertiary/aromatic N) is 2. The molecule has 1 atom stereocenters. The third kappa shape index (κ3) is 4.68. The Labute approximate surface area is 156 Å². The Bertz CT molecular complexity index is 636. The smallest absolute Gasteiger partial charge is 0.236 e. The number of ether oxygens (including phenoxy) is 3. The van der Waals surface area contributed by atoms with Crippen molar-refractivity contribution in [3.05, 3.63) is 23.8 Å². The molecule has 0 unspecified atom stereocenters. The monoisotopic (exact) mass is 362 g/mol. The molecule has 1 aromatic rings. The number of rotatable bonds is 7. The van der Waals surface area contributed by atoms with Crippen LogP contribution in [0.15, 0.2) is 18.2 Å². The average molecular weight is 362 g/mol. The maximum Gasteiger partial charge on any atom is 0.236 e. The molecule has 3 rings (SSSR count). The maximum absolute atomic E-state index is 12.7. The molecule has 0 radical (unpaired) electrons. The molecule has 2 aliphatic heterocycles. The third-order valence-corrected chi connectivity index (χ3v) is 5.28. The van der Waals surface area contributed by atoms with Crippen LogP contribution in [-0.4, -0.2) is 69.4 Å². The van der Waals surface area contributed by atoms with Crippen molar-refractivity contribution in [3.8, 4) is 11.5 Å². The molecular weight excluding hydrogens is 332 g/mol. The maximum atomic E-state index is 12.7. The first-order chi connectivity index (χ1) is 12.5. The lowest BCUT2D eigenvalue weighted by molar-refractivity contribution is -0.135. The van der Waals surface area contributed by atoms with E-state index in [0.717, 1.165) is 50.4 Å². The summed E-state index contributed by atoms with van der Waals surface area (Å²) < 4.78 is 16.0. The van der Waals surface area contributed by atoms with Crippen molar-refractivity contribution in [1.82, 2.24) is 9.80 Å². The zero-order valence-corrected chi connectivity index (χ0v) is 16.1. The molecule has 1 amide bonds. The highest BCUT2D eigenvalue weighted by Gasteiger charge is 2.33. The molecule has 1 saturated heterocycles. The molecule has 1 aromatic carbocycles. The molecule has 2 aliphatic rings. The molecule has 26 heavy (non-hydrogen) atoms. The number of amides is 1. The molecule has 0 aliphatic carbocycles. The number of fused-ring (bicyclic) bond motifs is 1. The molecule has 144 valence electrons. The van der Waals surface area contributed by atoms with E-state index >= 15 is 0 Å². The molecule has 0 saturated carbocycles. The first-order valence-electron chi connectivity index (χ1n) is 9.33. The normalized spacial score (nSPS) is 22.1. The van der Waals surface area contributed by atoms with Crippen LogP contribution in [0.4, 0.5) is 0 Å². The highest BCUT2D eigenvalue weighted by atomic mass is 16.7. The minimum absolute atomic E-state index is 0.0900. The van der Waals surface area contributed by atoms with Crippen molar-refractivity contribution in [2.45, 2.75) is 26.2 Å². The van der Waals surface area contributed by atoms with E-state index in [0.29, 0.717) is 19.9 Å². The van der Waals surface area contributed by atoms with Crippen LogP contribution < -0.4 is 9.47 Å². The third-order valence-electron chi connectivity index (χ3n) is 5.28. The van der Waals surface area contributed by atoms with Gasteiger partial charge in [0.05, 0.1) is 13.2 Å². The van der Waals surface area contributed by atoms with Gasteiger partial charge < -0.3 is 19.1 Å². The van der Waals surface area contributed by atoms with E-state index in [4.69, 9.17) is 14.2 Å². The Morgan fingerprint density at radius 2 is 2.15 bits per heavy atom. The highest BCUT2D eigenvalue weighted by molar-refractivity contribution is 5.78. The molecule has 2 heterocycles. The highest BCUT2D eigenvalue weighted by Crippen LogP contribution is 2.37. The molecule has 1 fully saturated rings. The summed E-state index contributed by atoms with van der Waals surface area (Å²) in [4.78, 5) is 16.7. The lowest BCUT2D eigenvalue weighted by Crippen LogP contribution is -2.48. The lowest BCUT2D eigenvalue weighted by Gasteiger charge is -2.41. The number of hydrogen-bond acceptors (Lipinski definition) is 5. The fourth-order valence-corrected chi connectivity index (χ4v) is 3.87. The predicted octanol–water partition coefficient (Wildman–Crippen LogP) is 2.16. The second-order valence-corrected chi connectivity index (χ2v) is 7.82. The number of piperidine rings is 1. The zero-order valence-electron chi connectivity index (χ0n) is 16.1. The summed E-state index contributed by atoms with van der Waals surface area (Å²) in [7, 11) is 3.65. The van der Waals surface area contributed by atoms with Gasteiger partial charge in [-0.15, -0.1) is 0 Å². The second kappa shape index (κ2) is 8.27. The van der Waals surface area contributed by atoms with E-state index in [1.54, 1.807) is 7.11 Å². The van der Waals surface area contributed by atoms with Gasteiger partial charge in [0.2, 0.25) is 12.7 Å². The van der Waals surface area contributed by atoms with Crippen molar-refractivity contribution in [2.24, 2.45) is 5.41 Å². The molecule has 6 nitrogen and oxygen atoms in total. The van der Waals surface area contributed by atoms with Crippen molar-refractivity contribution in [1.29, 1.82) is 0 Å². The summed E-state index contributed by atoms with van der Waals surface area (Å²) in [6, 6.07) is 6.17. The quantitative estimate of drug-likeness (QED) is 0.744. The Morgan fingerprint density at radius 1 is 1.35 bits per heavy atom. The fraction of sp³-hybridized carbons (Fsp3) is 0.650. The van der Waals surface area contributed by atoms with Gasteiger partial charge >= 0.3 is 0 Å². The summed E-state index contributed by atoms with van der Waals surface area (Å²) in [5.74, 6) is 1.85. The van der Waals surface area contributed by atoms with Crippen molar-refractivity contribution >= 4 is 5.91 Å². The summed E-state index contributed by atoms with van der Waals surface area (Å²) in [6.07, 6.45) is 3.12. The number of carbonyl (C=O) groups excluding carboxylic acids is 1. The van der Waals surface area contributed by atoms with Crippen LogP contribution in [0.3, 0.4) is 0 Å². The van der Waals surface area contributed by atoms with Crippen molar-refractivity contribution < 1.29 is 19.0 Å².